The van der Waals surface area contributed by atoms with Crippen molar-refractivity contribution in [2.75, 3.05) is 59.8 Å². The lowest BCUT2D eigenvalue weighted by atomic mass is 9.95. The molecule has 1 amide bonds. The highest BCUT2D eigenvalue weighted by Gasteiger charge is 2.34. The van der Waals surface area contributed by atoms with E-state index < -0.39 is 12.0 Å². The maximum Gasteiger partial charge on any atom is 0.338 e. The quantitative estimate of drug-likeness (QED) is 0.269. The molecule has 0 unspecified atom stereocenters. The second kappa shape index (κ2) is 15.3. The molecule has 0 radical (unpaired) electrons. The Labute approximate surface area is 276 Å². The van der Waals surface area contributed by atoms with Gasteiger partial charge in [0.2, 0.25) is 0 Å². The number of carbonyl (C=O) groups is 2. The molecule has 3 aromatic rings. The second-order valence-electron chi connectivity index (χ2n) is 10.6. The van der Waals surface area contributed by atoms with Crippen molar-refractivity contribution in [1.82, 2.24) is 9.47 Å². The maximum absolute atomic E-state index is 14.1. The molecule has 12 nitrogen and oxygen atoms in total. The highest BCUT2D eigenvalue weighted by atomic mass is 32.1. The van der Waals surface area contributed by atoms with Crippen LogP contribution in [0.5, 0.6) is 23.0 Å². The van der Waals surface area contributed by atoms with E-state index in [1.54, 1.807) is 68.3 Å². The van der Waals surface area contributed by atoms with Crippen LogP contribution in [0, 0.1) is 0 Å². The minimum atomic E-state index is -0.809. The van der Waals surface area contributed by atoms with E-state index in [1.165, 1.54) is 15.9 Å². The Morgan fingerprint density at radius 2 is 1.66 bits per heavy atom. The first-order chi connectivity index (χ1) is 22.8. The molecule has 2 aliphatic rings. The van der Waals surface area contributed by atoms with Gasteiger partial charge in [0.25, 0.3) is 11.5 Å². The second-order valence-corrected chi connectivity index (χ2v) is 11.6. The Morgan fingerprint density at radius 1 is 0.957 bits per heavy atom. The first-order valence-corrected chi connectivity index (χ1v) is 16.4. The summed E-state index contributed by atoms with van der Waals surface area (Å²) in [6, 6.07) is 9.80. The number of allylic oxidation sites excluding steroid dienone is 1. The van der Waals surface area contributed by atoms with E-state index in [4.69, 9.17) is 28.4 Å². The summed E-state index contributed by atoms with van der Waals surface area (Å²) in [4.78, 5) is 46.8. The molecular weight excluding hydrogens is 626 g/mol. The molecule has 0 bridgehead atoms. The highest BCUT2D eigenvalue weighted by molar-refractivity contribution is 7.07. The topological polar surface area (TPSA) is 127 Å². The Morgan fingerprint density at radius 3 is 2.34 bits per heavy atom. The van der Waals surface area contributed by atoms with E-state index in [9.17, 15) is 14.4 Å². The fourth-order valence-corrected chi connectivity index (χ4v) is 6.48. The van der Waals surface area contributed by atoms with Crippen LogP contribution in [0.1, 0.15) is 44.9 Å². The molecule has 1 aromatic heterocycles. The average molecular weight is 666 g/mol. The number of methoxy groups -OCH3 is 1. The summed E-state index contributed by atoms with van der Waals surface area (Å²) in [6.45, 7) is 10.1. The minimum Gasteiger partial charge on any atom is -0.493 e. The van der Waals surface area contributed by atoms with Crippen LogP contribution >= 0.6 is 11.3 Å². The molecule has 2 aliphatic heterocycles. The van der Waals surface area contributed by atoms with Gasteiger partial charge in [-0.1, -0.05) is 23.5 Å². The Bertz CT molecular complexity index is 1840. The van der Waals surface area contributed by atoms with Crippen LogP contribution in [0.3, 0.4) is 0 Å². The lowest BCUT2D eigenvalue weighted by molar-refractivity contribution is -0.139. The van der Waals surface area contributed by atoms with Crippen LogP contribution in [0.15, 0.2) is 57.5 Å². The van der Waals surface area contributed by atoms with Gasteiger partial charge in [-0.15, -0.1) is 0 Å². The fraction of sp³-hybridized carbons (Fsp3) is 0.412. The van der Waals surface area contributed by atoms with Gasteiger partial charge in [0.1, 0.15) is 0 Å². The van der Waals surface area contributed by atoms with Gasteiger partial charge in [0.15, 0.2) is 34.4 Å². The third-order valence-corrected chi connectivity index (χ3v) is 8.58. The predicted octanol–water partition coefficient (Wildman–Crippen LogP) is 2.84. The van der Waals surface area contributed by atoms with E-state index in [0.29, 0.717) is 88.7 Å². The molecule has 47 heavy (non-hydrogen) atoms. The molecule has 250 valence electrons. The van der Waals surface area contributed by atoms with Crippen LogP contribution < -0.4 is 33.8 Å². The van der Waals surface area contributed by atoms with Gasteiger partial charge in [-0.2, -0.15) is 0 Å². The number of ether oxygens (including phenoxy) is 6. The Kier molecular flexibility index (Phi) is 11.0. The first kappa shape index (κ1) is 33.7. The van der Waals surface area contributed by atoms with Crippen LogP contribution in [0.2, 0.25) is 0 Å². The number of hydrogen-bond acceptors (Lipinski definition) is 11. The van der Waals surface area contributed by atoms with Crippen molar-refractivity contribution < 1.29 is 38.0 Å². The van der Waals surface area contributed by atoms with Crippen molar-refractivity contribution in [2.24, 2.45) is 4.99 Å². The van der Waals surface area contributed by atoms with E-state index in [1.807, 2.05) is 13.8 Å². The minimum absolute atomic E-state index is 0.127. The number of nitrogens with zero attached hydrogens (tertiary/aromatic N) is 3. The van der Waals surface area contributed by atoms with Gasteiger partial charge in [0, 0.05) is 13.1 Å². The smallest absolute Gasteiger partial charge is 0.338 e. The van der Waals surface area contributed by atoms with Crippen molar-refractivity contribution in [3.63, 3.8) is 0 Å². The normalized spacial score (nSPS) is 16.3. The van der Waals surface area contributed by atoms with Crippen LogP contribution in [-0.4, -0.2) is 81.2 Å². The molecule has 1 fully saturated rings. The van der Waals surface area contributed by atoms with Gasteiger partial charge in [0.05, 0.1) is 62.0 Å². The van der Waals surface area contributed by atoms with E-state index >= 15 is 0 Å². The summed E-state index contributed by atoms with van der Waals surface area (Å²) < 4.78 is 35.6. The average Bonchev–Trinajstić information content (AvgIpc) is 3.37. The molecular formula is C34H39N3O9S. The zero-order valence-electron chi connectivity index (χ0n) is 27.2. The maximum atomic E-state index is 14.1. The summed E-state index contributed by atoms with van der Waals surface area (Å²) in [6.07, 6.45) is 1.75. The molecule has 2 aromatic carbocycles. The van der Waals surface area contributed by atoms with Gasteiger partial charge >= 0.3 is 5.97 Å². The third kappa shape index (κ3) is 7.36. The molecule has 1 atom stereocenters. The number of amides is 1. The van der Waals surface area contributed by atoms with Crippen molar-refractivity contribution in [3.05, 3.63) is 78.5 Å². The number of thiazole rings is 1. The Balaban J connectivity index is 1.54. The highest BCUT2D eigenvalue weighted by Crippen LogP contribution is 2.36. The van der Waals surface area contributed by atoms with E-state index in [-0.39, 0.29) is 30.3 Å². The number of fused-ring (bicyclic) bond motifs is 1. The van der Waals surface area contributed by atoms with Crippen molar-refractivity contribution in [3.8, 4) is 23.0 Å². The Hall–Kier alpha value is -4.62. The van der Waals surface area contributed by atoms with Crippen molar-refractivity contribution >= 4 is 29.3 Å². The molecule has 5 rings (SSSR count). The summed E-state index contributed by atoms with van der Waals surface area (Å²) in [5.41, 5.74) is 1.74. The molecule has 0 saturated carbocycles. The molecule has 3 heterocycles. The number of hydrogen-bond donors (Lipinski definition) is 0. The lowest BCUT2D eigenvalue weighted by Crippen LogP contribution is -2.43. The monoisotopic (exact) mass is 665 g/mol. The number of morpholine rings is 1. The van der Waals surface area contributed by atoms with Crippen LogP contribution in [0.25, 0.3) is 6.08 Å². The summed E-state index contributed by atoms with van der Waals surface area (Å²) in [7, 11) is 1.55. The molecule has 0 aliphatic carbocycles. The number of aromatic nitrogens is 1. The number of esters is 1. The molecule has 0 N–H and O–H groups in total. The number of benzene rings is 2. The van der Waals surface area contributed by atoms with Crippen molar-refractivity contribution in [1.29, 1.82) is 0 Å². The van der Waals surface area contributed by atoms with E-state index in [0.717, 1.165) is 0 Å². The van der Waals surface area contributed by atoms with Crippen LogP contribution in [-0.2, 0) is 19.1 Å². The first-order valence-electron chi connectivity index (χ1n) is 15.5. The predicted molar refractivity (Wildman–Crippen MR) is 175 cm³/mol. The largest absolute Gasteiger partial charge is 0.493 e. The molecule has 13 heteroatoms. The zero-order chi connectivity index (χ0) is 33.5. The third-order valence-electron chi connectivity index (χ3n) is 7.60. The SMILES string of the molecule is CCOC(=O)C1=C(C)N=c2s/c(=C/c3ccc(OCC(=O)N4CCOCC4)c(OCC)c3)c(=O)n2[C@@H]1c1ccc(OC)c(OCC)c1. The number of carbonyl (C=O) groups excluding carboxylic acids is 2. The number of rotatable bonds is 12. The van der Waals surface area contributed by atoms with Gasteiger partial charge in [-0.3, -0.25) is 14.2 Å². The van der Waals surface area contributed by atoms with Gasteiger partial charge < -0.3 is 33.3 Å². The van der Waals surface area contributed by atoms with Gasteiger partial charge in [-0.05, 0) is 69.2 Å². The van der Waals surface area contributed by atoms with Crippen molar-refractivity contribution in [2.45, 2.75) is 33.7 Å². The molecule has 0 spiro atoms. The summed E-state index contributed by atoms with van der Waals surface area (Å²) in [5, 5.41) is 0. The lowest BCUT2D eigenvalue weighted by Gasteiger charge is -2.26. The molecule has 1 saturated heterocycles. The van der Waals surface area contributed by atoms with Gasteiger partial charge in [-0.25, -0.2) is 9.79 Å². The summed E-state index contributed by atoms with van der Waals surface area (Å²) >= 11 is 1.22. The fourth-order valence-electron chi connectivity index (χ4n) is 5.44. The summed E-state index contributed by atoms with van der Waals surface area (Å²) in [5.74, 6) is 1.22. The van der Waals surface area contributed by atoms with E-state index in [2.05, 4.69) is 4.99 Å². The van der Waals surface area contributed by atoms with Crippen LogP contribution in [0.4, 0.5) is 0 Å². The standard InChI is InChI=1S/C34H39N3O9S/c1-6-43-26-17-22(9-11-25(26)46-20-29(38)36-13-15-42-16-14-36)18-28-32(39)37-31(23-10-12-24(41-5)27(19-23)44-7-2)30(33(40)45-8-3)21(4)35-34(37)47-28/h9-12,17-19,31H,6-8,13-16,20H2,1-5H3/b28-18+/t31-/m1/s1. The zero-order valence-corrected chi connectivity index (χ0v) is 28.0.